The molecule has 1 aliphatic heterocycles. The van der Waals surface area contributed by atoms with E-state index in [1.807, 2.05) is 35.2 Å². The molecule has 1 saturated heterocycles. The summed E-state index contributed by atoms with van der Waals surface area (Å²) in [4.78, 5) is 19.8. The molecule has 0 radical (unpaired) electrons. The maximum Gasteiger partial charge on any atom is 0.270 e. The van der Waals surface area contributed by atoms with Gasteiger partial charge in [0, 0.05) is 22.0 Å². The van der Waals surface area contributed by atoms with Crippen molar-refractivity contribution in [1.82, 2.24) is 9.88 Å². The number of carbonyl (C=O) groups excluding carboxylic acids is 1. The minimum atomic E-state index is 0.0984. The second kappa shape index (κ2) is 8.17. The number of carbonyl (C=O) groups is 1. The number of hydrogen-bond donors (Lipinski definition) is 2. The van der Waals surface area contributed by atoms with Gasteiger partial charge in [-0.1, -0.05) is 78.9 Å². The monoisotopic (exact) mass is 396 g/mol. The summed E-state index contributed by atoms with van der Waals surface area (Å²) in [5.41, 5.74) is 4.35. The average Bonchev–Trinajstić information content (AvgIpc) is 3.25. The summed E-state index contributed by atoms with van der Waals surface area (Å²) >= 11 is 0. The Bertz CT molecular complexity index is 1060. The molecule has 1 aromatic heterocycles. The van der Waals surface area contributed by atoms with Crippen LogP contribution in [0.4, 0.5) is 0 Å². The minimum Gasteiger partial charge on any atom is -0.351 e. The first-order chi connectivity index (χ1) is 14.8. The highest BCUT2D eigenvalue weighted by Gasteiger charge is 2.32. The van der Waals surface area contributed by atoms with Gasteiger partial charge in [-0.2, -0.15) is 0 Å². The van der Waals surface area contributed by atoms with Gasteiger partial charge in [0.1, 0.15) is 11.7 Å². The molecule has 1 amide bonds. The molecule has 1 fully saturated rings. The molecule has 0 atom stereocenters. The second-order valence-electron chi connectivity index (χ2n) is 7.98. The quantitative estimate of drug-likeness (QED) is 0.546. The number of nitrogens with one attached hydrogen (secondary N) is 2. The van der Waals surface area contributed by atoms with E-state index < -0.39 is 0 Å². The topological polar surface area (TPSA) is 40.5 Å². The summed E-state index contributed by atoms with van der Waals surface area (Å²) in [6, 6.07) is 31.7. The third-order valence-electron chi connectivity index (χ3n) is 6.13. The van der Waals surface area contributed by atoms with E-state index in [2.05, 4.69) is 65.6 Å². The zero-order valence-corrected chi connectivity index (χ0v) is 16.9. The predicted molar refractivity (Wildman–Crippen MR) is 120 cm³/mol. The van der Waals surface area contributed by atoms with Crippen molar-refractivity contribution in [3.05, 3.63) is 108 Å². The van der Waals surface area contributed by atoms with Crippen LogP contribution < -0.4 is 4.90 Å². The Morgan fingerprint density at radius 3 is 1.97 bits per heavy atom. The molecular formula is C26H26N3O+. The Morgan fingerprint density at radius 1 is 0.800 bits per heavy atom. The molecule has 4 aromatic rings. The smallest absolute Gasteiger partial charge is 0.270 e. The van der Waals surface area contributed by atoms with E-state index in [0.29, 0.717) is 5.69 Å². The van der Waals surface area contributed by atoms with E-state index in [9.17, 15) is 4.79 Å². The van der Waals surface area contributed by atoms with Crippen molar-refractivity contribution in [2.45, 2.75) is 6.04 Å². The molecule has 0 saturated carbocycles. The van der Waals surface area contributed by atoms with Crippen LogP contribution in [0.25, 0.3) is 10.9 Å². The predicted octanol–water partition coefficient (Wildman–Crippen LogP) is 3.30. The van der Waals surface area contributed by atoms with E-state index in [0.717, 1.165) is 37.1 Å². The van der Waals surface area contributed by atoms with E-state index in [-0.39, 0.29) is 11.9 Å². The molecule has 0 unspecified atom stereocenters. The summed E-state index contributed by atoms with van der Waals surface area (Å²) in [5.74, 6) is 0.0984. The highest BCUT2D eigenvalue weighted by Crippen LogP contribution is 2.20. The number of rotatable bonds is 4. The zero-order valence-electron chi connectivity index (χ0n) is 16.9. The third kappa shape index (κ3) is 3.62. The summed E-state index contributed by atoms with van der Waals surface area (Å²) in [6.45, 7) is 3.39. The molecule has 0 bridgehead atoms. The van der Waals surface area contributed by atoms with E-state index >= 15 is 0 Å². The van der Waals surface area contributed by atoms with Crippen LogP contribution in [-0.4, -0.2) is 42.0 Å². The van der Waals surface area contributed by atoms with Crippen molar-refractivity contribution in [3.63, 3.8) is 0 Å². The maximum absolute atomic E-state index is 13.1. The van der Waals surface area contributed by atoms with Gasteiger partial charge in [-0.05, 0) is 12.1 Å². The van der Waals surface area contributed by atoms with Crippen molar-refractivity contribution in [3.8, 4) is 0 Å². The highest BCUT2D eigenvalue weighted by atomic mass is 16.2. The highest BCUT2D eigenvalue weighted by molar-refractivity contribution is 5.98. The summed E-state index contributed by atoms with van der Waals surface area (Å²) in [5, 5.41) is 1.08. The van der Waals surface area contributed by atoms with Gasteiger partial charge < -0.3 is 14.8 Å². The summed E-state index contributed by atoms with van der Waals surface area (Å²) in [6.07, 6.45) is 0. The fourth-order valence-corrected chi connectivity index (χ4v) is 4.60. The Hall–Kier alpha value is -3.37. The van der Waals surface area contributed by atoms with Crippen LogP contribution in [-0.2, 0) is 0 Å². The van der Waals surface area contributed by atoms with Crippen LogP contribution >= 0.6 is 0 Å². The molecule has 0 spiro atoms. The first-order valence-corrected chi connectivity index (χ1v) is 10.6. The van der Waals surface area contributed by atoms with Gasteiger partial charge in [-0.3, -0.25) is 4.79 Å². The molecule has 1 aliphatic rings. The van der Waals surface area contributed by atoms with Crippen LogP contribution in [0.2, 0.25) is 0 Å². The number of quaternary nitrogens is 1. The van der Waals surface area contributed by atoms with E-state index in [1.54, 1.807) is 0 Å². The SMILES string of the molecule is O=C(c1cc2ccccc2[nH]1)N1CC[NH+](C(c2ccccc2)c2ccccc2)CC1. The van der Waals surface area contributed by atoms with E-state index in [1.165, 1.54) is 16.0 Å². The van der Waals surface area contributed by atoms with Gasteiger partial charge in [0.25, 0.3) is 5.91 Å². The van der Waals surface area contributed by atoms with Crippen molar-refractivity contribution in [2.75, 3.05) is 26.2 Å². The lowest BCUT2D eigenvalue weighted by Crippen LogP contribution is -3.15. The van der Waals surface area contributed by atoms with Gasteiger partial charge in [0.05, 0.1) is 26.2 Å². The fourth-order valence-electron chi connectivity index (χ4n) is 4.60. The Balaban J connectivity index is 1.34. The van der Waals surface area contributed by atoms with Crippen LogP contribution in [0.1, 0.15) is 27.7 Å². The summed E-state index contributed by atoms with van der Waals surface area (Å²) < 4.78 is 0. The fraction of sp³-hybridized carbons (Fsp3) is 0.192. The van der Waals surface area contributed by atoms with Crippen LogP contribution in [0.5, 0.6) is 0 Å². The Kier molecular flexibility index (Phi) is 5.08. The molecule has 3 aromatic carbocycles. The van der Waals surface area contributed by atoms with Crippen molar-refractivity contribution in [2.24, 2.45) is 0 Å². The lowest BCUT2D eigenvalue weighted by atomic mass is 9.96. The van der Waals surface area contributed by atoms with Crippen molar-refractivity contribution in [1.29, 1.82) is 0 Å². The molecule has 150 valence electrons. The molecular weight excluding hydrogens is 370 g/mol. The number of benzene rings is 3. The normalized spacial score (nSPS) is 15.0. The Morgan fingerprint density at radius 2 is 1.37 bits per heavy atom. The number of para-hydroxylation sites is 1. The number of amides is 1. The molecule has 4 nitrogen and oxygen atoms in total. The summed E-state index contributed by atoms with van der Waals surface area (Å²) in [7, 11) is 0. The van der Waals surface area contributed by atoms with Crippen molar-refractivity contribution >= 4 is 16.8 Å². The van der Waals surface area contributed by atoms with Crippen molar-refractivity contribution < 1.29 is 9.69 Å². The number of aromatic amines is 1. The lowest BCUT2D eigenvalue weighted by Gasteiger charge is -2.37. The number of fused-ring (bicyclic) bond motifs is 1. The largest absolute Gasteiger partial charge is 0.351 e. The number of piperazine rings is 1. The van der Waals surface area contributed by atoms with Crippen LogP contribution in [0, 0.1) is 0 Å². The first-order valence-electron chi connectivity index (χ1n) is 10.6. The molecule has 2 N–H and O–H groups in total. The van der Waals surface area contributed by atoms with Crippen LogP contribution in [0.3, 0.4) is 0 Å². The van der Waals surface area contributed by atoms with Gasteiger partial charge >= 0.3 is 0 Å². The molecule has 30 heavy (non-hydrogen) atoms. The molecule has 2 heterocycles. The van der Waals surface area contributed by atoms with Gasteiger partial charge in [-0.15, -0.1) is 0 Å². The third-order valence-corrected chi connectivity index (χ3v) is 6.13. The van der Waals surface area contributed by atoms with E-state index in [4.69, 9.17) is 0 Å². The standard InChI is InChI=1S/C26H25N3O/c30-26(24-19-22-13-7-8-14-23(22)27-24)29-17-15-28(16-18-29)25(20-9-3-1-4-10-20)21-11-5-2-6-12-21/h1-14,19,25,27H,15-18H2/p+1. The van der Waals surface area contributed by atoms with Gasteiger partial charge in [-0.25, -0.2) is 0 Å². The second-order valence-corrected chi connectivity index (χ2v) is 7.98. The number of nitrogens with zero attached hydrogens (tertiary/aromatic N) is 1. The molecule has 5 rings (SSSR count). The molecule has 0 aliphatic carbocycles. The van der Waals surface area contributed by atoms with Gasteiger partial charge in [0.2, 0.25) is 0 Å². The Labute approximate surface area is 176 Å². The van der Waals surface area contributed by atoms with Crippen LogP contribution in [0.15, 0.2) is 91.0 Å². The number of H-pyrrole nitrogens is 1. The minimum absolute atomic E-state index is 0.0984. The molecule has 4 heteroatoms. The zero-order chi connectivity index (χ0) is 20.3. The lowest BCUT2D eigenvalue weighted by molar-refractivity contribution is -0.929. The maximum atomic E-state index is 13.1. The first kappa shape index (κ1) is 18.6. The number of aromatic nitrogens is 1. The number of hydrogen-bond acceptors (Lipinski definition) is 1. The van der Waals surface area contributed by atoms with Gasteiger partial charge in [0.15, 0.2) is 0 Å². The average molecular weight is 397 g/mol.